The summed E-state index contributed by atoms with van der Waals surface area (Å²) in [5, 5.41) is 3.04. The van der Waals surface area contributed by atoms with Crippen molar-refractivity contribution >= 4 is 15.7 Å². The van der Waals surface area contributed by atoms with Gasteiger partial charge in [-0.3, -0.25) is 0 Å². The number of rotatable bonds is 5. The van der Waals surface area contributed by atoms with Gasteiger partial charge in [-0.2, -0.15) is 4.31 Å². The molecule has 29 heavy (non-hydrogen) atoms. The smallest absolute Gasteiger partial charge is 0.262 e. The van der Waals surface area contributed by atoms with Crippen LogP contribution < -0.4 is 5.32 Å². The van der Waals surface area contributed by atoms with Crippen LogP contribution in [0.4, 0.5) is 14.5 Å². The van der Waals surface area contributed by atoms with Crippen molar-refractivity contribution in [3.8, 4) is 0 Å². The Morgan fingerprint density at radius 2 is 1.86 bits per heavy atom. The number of sulfonamides is 1. The first-order valence-electron chi connectivity index (χ1n) is 9.09. The second kappa shape index (κ2) is 7.57. The predicted octanol–water partition coefficient (Wildman–Crippen LogP) is 2.97. The average Bonchev–Trinajstić information content (AvgIpc) is 3.32. The molecule has 6 nitrogen and oxygen atoms in total. The zero-order valence-electron chi connectivity index (χ0n) is 15.7. The van der Waals surface area contributed by atoms with Gasteiger partial charge in [-0.25, -0.2) is 22.2 Å². The van der Waals surface area contributed by atoms with Crippen LogP contribution in [0.25, 0.3) is 0 Å². The van der Waals surface area contributed by atoms with Crippen molar-refractivity contribution in [2.45, 2.75) is 17.0 Å². The Hall–Kier alpha value is -2.78. The van der Waals surface area contributed by atoms with Crippen molar-refractivity contribution in [1.82, 2.24) is 13.9 Å². The fourth-order valence-electron chi connectivity index (χ4n) is 3.61. The lowest BCUT2D eigenvalue weighted by Gasteiger charge is -2.21. The lowest BCUT2D eigenvalue weighted by molar-refractivity contribution is 0.468. The van der Waals surface area contributed by atoms with E-state index in [0.717, 1.165) is 11.6 Å². The molecule has 0 spiro atoms. The minimum absolute atomic E-state index is 0.0274. The van der Waals surface area contributed by atoms with Gasteiger partial charge >= 0.3 is 0 Å². The Labute approximate surface area is 167 Å². The van der Waals surface area contributed by atoms with Gasteiger partial charge in [0.15, 0.2) is 5.03 Å². The molecule has 4 rings (SSSR count). The molecule has 2 aromatic carbocycles. The van der Waals surface area contributed by atoms with Gasteiger partial charge < -0.3 is 9.88 Å². The number of benzene rings is 2. The normalized spacial score (nSPS) is 20.1. The molecule has 9 heteroatoms. The van der Waals surface area contributed by atoms with E-state index in [1.165, 1.54) is 29.0 Å². The molecule has 0 amide bonds. The molecule has 0 bridgehead atoms. The van der Waals surface area contributed by atoms with E-state index >= 15 is 0 Å². The molecule has 1 fully saturated rings. The lowest BCUT2D eigenvalue weighted by Crippen LogP contribution is -2.32. The number of hydrogen-bond acceptors (Lipinski definition) is 4. The topological polar surface area (TPSA) is 67.2 Å². The van der Waals surface area contributed by atoms with Crippen LogP contribution in [-0.4, -0.2) is 41.4 Å². The average molecular weight is 418 g/mol. The molecular weight excluding hydrogens is 398 g/mol. The first-order valence-corrected chi connectivity index (χ1v) is 10.5. The second-order valence-corrected chi connectivity index (χ2v) is 8.98. The fraction of sp³-hybridized carbons (Fsp3) is 0.250. The number of halogens is 2. The van der Waals surface area contributed by atoms with Crippen LogP contribution in [0.5, 0.6) is 0 Å². The minimum Gasteiger partial charge on any atom is -0.378 e. The summed E-state index contributed by atoms with van der Waals surface area (Å²) in [6, 6.07) is 12.4. The number of nitrogens with zero attached hydrogens (tertiary/aromatic N) is 3. The summed E-state index contributed by atoms with van der Waals surface area (Å²) in [7, 11) is -2.09. The maximum Gasteiger partial charge on any atom is 0.262 e. The van der Waals surface area contributed by atoms with Crippen LogP contribution >= 0.6 is 0 Å². The molecule has 1 aromatic heterocycles. The van der Waals surface area contributed by atoms with Crippen LogP contribution in [0, 0.1) is 11.6 Å². The highest BCUT2D eigenvalue weighted by molar-refractivity contribution is 7.89. The highest BCUT2D eigenvalue weighted by atomic mass is 32.2. The molecule has 3 aromatic rings. The van der Waals surface area contributed by atoms with Crippen LogP contribution in [0.15, 0.2) is 66.1 Å². The summed E-state index contributed by atoms with van der Waals surface area (Å²) in [5.41, 5.74) is 1.07. The number of anilines is 1. The van der Waals surface area contributed by atoms with Crippen molar-refractivity contribution < 1.29 is 17.2 Å². The molecule has 152 valence electrons. The molecule has 1 N–H and O–H groups in total. The van der Waals surface area contributed by atoms with E-state index in [1.54, 1.807) is 11.6 Å². The Morgan fingerprint density at radius 1 is 1.10 bits per heavy atom. The molecular formula is C20H20F2N4O2S. The Kier molecular flexibility index (Phi) is 5.10. The molecule has 0 aliphatic carbocycles. The summed E-state index contributed by atoms with van der Waals surface area (Å²) < 4.78 is 56.4. The molecule has 1 aliphatic rings. The minimum atomic E-state index is -3.79. The van der Waals surface area contributed by atoms with Crippen LogP contribution in [0.3, 0.4) is 0 Å². The van der Waals surface area contributed by atoms with Gasteiger partial charge in [0, 0.05) is 44.4 Å². The standard InChI is InChI=1S/C20H20F2N4O2S/c1-25-12-20(23-13-25)29(27,28)26-10-16(14-5-3-2-4-6-14)19(11-26)24-18-8-7-15(21)9-17(18)22/h2-9,12-13,16,19,24H,10-11H2,1H3. The summed E-state index contributed by atoms with van der Waals surface area (Å²) in [4.78, 5) is 3.97. The van der Waals surface area contributed by atoms with Gasteiger partial charge in [0.05, 0.1) is 12.0 Å². The molecule has 1 saturated heterocycles. The number of imidazole rings is 1. The molecule has 2 unspecified atom stereocenters. The van der Waals surface area contributed by atoms with Gasteiger partial charge in [0.25, 0.3) is 10.0 Å². The van der Waals surface area contributed by atoms with E-state index in [4.69, 9.17) is 0 Å². The van der Waals surface area contributed by atoms with E-state index in [2.05, 4.69) is 10.3 Å². The summed E-state index contributed by atoms with van der Waals surface area (Å²) in [5.74, 6) is -1.60. The van der Waals surface area contributed by atoms with E-state index in [9.17, 15) is 17.2 Å². The number of hydrogen-bond donors (Lipinski definition) is 1. The number of nitrogens with one attached hydrogen (secondary N) is 1. The van der Waals surface area contributed by atoms with Crippen molar-refractivity contribution in [3.05, 3.63) is 78.3 Å². The summed E-state index contributed by atoms with van der Waals surface area (Å²) in [6.45, 7) is 0.360. The van der Waals surface area contributed by atoms with Crippen molar-refractivity contribution in [2.24, 2.45) is 7.05 Å². The maximum absolute atomic E-state index is 14.2. The Balaban J connectivity index is 1.66. The van der Waals surface area contributed by atoms with E-state index in [0.29, 0.717) is 0 Å². The zero-order chi connectivity index (χ0) is 20.6. The first-order chi connectivity index (χ1) is 13.8. The van der Waals surface area contributed by atoms with E-state index < -0.39 is 27.7 Å². The van der Waals surface area contributed by atoms with Gasteiger partial charge in [-0.15, -0.1) is 0 Å². The molecule has 0 saturated carbocycles. The summed E-state index contributed by atoms with van der Waals surface area (Å²) in [6.07, 6.45) is 2.88. The zero-order valence-corrected chi connectivity index (χ0v) is 16.5. The molecule has 2 heterocycles. The fourth-order valence-corrected chi connectivity index (χ4v) is 5.07. The highest BCUT2D eigenvalue weighted by Gasteiger charge is 2.41. The highest BCUT2D eigenvalue weighted by Crippen LogP contribution is 2.33. The molecule has 0 radical (unpaired) electrons. The molecule has 2 atom stereocenters. The van der Waals surface area contributed by atoms with E-state index in [1.807, 2.05) is 30.3 Å². The third-order valence-corrected chi connectivity index (χ3v) is 6.79. The largest absolute Gasteiger partial charge is 0.378 e. The second-order valence-electron chi connectivity index (χ2n) is 7.09. The van der Waals surface area contributed by atoms with Crippen LogP contribution in [0.2, 0.25) is 0 Å². The number of aromatic nitrogens is 2. The van der Waals surface area contributed by atoms with Gasteiger partial charge in [-0.05, 0) is 17.7 Å². The summed E-state index contributed by atoms with van der Waals surface area (Å²) >= 11 is 0. The maximum atomic E-state index is 14.2. The van der Waals surface area contributed by atoms with Gasteiger partial charge in [0.2, 0.25) is 0 Å². The number of aryl methyl sites for hydroxylation is 1. The van der Waals surface area contributed by atoms with Gasteiger partial charge in [-0.1, -0.05) is 30.3 Å². The lowest BCUT2D eigenvalue weighted by atomic mass is 9.94. The van der Waals surface area contributed by atoms with Crippen molar-refractivity contribution in [2.75, 3.05) is 18.4 Å². The van der Waals surface area contributed by atoms with Crippen LogP contribution in [0.1, 0.15) is 11.5 Å². The van der Waals surface area contributed by atoms with Gasteiger partial charge in [0.1, 0.15) is 11.6 Å². The quantitative estimate of drug-likeness (QED) is 0.692. The Morgan fingerprint density at radius 3 is 2.52 bits per heavy atom. The third-order valence-electron chi connectivity index (χ3n) is 5.07. The van der Waals surface area contributed by atoms with Crippen molar-refractivity contribution in [1.29, 1.82) is 0 Å². The van der Waals surface area contributed by atoms with Crippen LogP contribution in [-0.2, 0) is 17.1 Å². The monoisotopic (exact) mass is 418 g/mol. The SMILES string of the molecule is Cn1cnc(S(=O)(=O)N2CC(Nc3ccc(F)cc3F)C(c3ccccc3)C2)c1. The van der Waals surface area contributed by atoms with Crippen molar-refractivity contribution in [3.63, 3.8) is 0 Å². The Bertz CT molecular complexity index is 1120. The molecule has 1 aliphatic heterocycles. The first kappa shape index (κ1) is 19.5. The van der Waals surface area contributed by atoms with E-state index in [-0.39, 0.29) is 29.7 Å². The predicted molar refractivity (Wildman–Crippen MR) is 105 cm³/mol. The third kappa shape index (κ3) is 3.88.